The Bertz CT molecular complexity index is 3970. The molecule has 97 heavy (non-hydrogen) atoms. The van der Waals surface area contributed by atoms with Crippen molar-refractivity contribution in [2.45, 2.75) is 158 Å². The second-order valence-corrected chi connectivity index (χ2v) is 28.6. The van der Waals surface area contributed by atoms with Gasteiger partial charge in [-0.2, -0.15) is 0 Å². The number of ether oxygens (including phenoxy) is 3. The molecule has 3 aromatic heterocycles. The maximum Gasteiger partial charge on any atom is 0.267 e. The number of carbonyl (C=O) groups excluding carboxylic acids is 6. The predicted octanol–water partition coefficient (Wildman–Crippen LogP) is 10.2. The number of pyridine rings is 3. The standard InChI is InChI=1S/C26H29N3O3.C25H28N4O3.C19H23BrN2O2.C6H6N2O/c1-17-28-26(24(31)29(17)2)21-14-18(15-23(30)22-6-4-5-13-27-22)7-8-19(21)16-25(26)11-9-20(32-3)10-12-25;1-29-22(31)25(28-23(29)26)19-13-16(14-21(30)20-5-3-4-12-27-20)6-7-17(19)15-24(25)10-8-18(32-2)9-11-24;1-12-21-19(17(23)22(12)2)16-10-14(20)5-4-13(16)11-18(19)8-6-15(24-3)7-9-18;7-6(9)5-3-1-2-4-8-5/h4-8,13-14,20H,9-12,15-16H2,1-3H3;3-7,12-13,18H,8-11,14-15H2,1-2H3,(H2,26,28);4-5,10,15H,6-9,11H2,1-3H3;1-4H,(H2,7,9). The number of primary amides is 1. The van der Waals surface area contributed by atoms with Gasteiger partial charge >= 0.3 is 0 Å². The highest BCUT2D eigenvalue weighted by atomic mass is 79.9. The van der Waals surface area contributed by atoms with E-state index in [0.717, 1.165) is 146 Å². The van der Waals surface area contributed by atoms with Crippen LogP contribution >= 0.6 is 15.9 Å². The Kier molecular flexibility index (Phi) is 19.1. The monoisotopic (exact) mass is 1380 g/mol. The molecule has 3 unspecified atom stereocenters. The van der Waals surface area contributed by atoms with Gasteiger partial charge in [-0.25, -0.2) is 4.99 Å². The third-order valence-corrected chi connectivity index (χ3v) is 23.3. The first-order valence-corrected chi connectivity index (χ1v) is 34.4. The molecule has 6 aromatic rings. The van der Waals surface area contributed by atoms with Gasteiger partial charge in [-0.3, -0.25) is 58.6 Å². The molecule has 15 rings (SSSR count). The van der Waals surface area contributed by atoms with E-state index in [1.807, 2.05) is 58.3 Å². The summed E-state index contributed by atoms with van der Waals surface area (Å²) in [7, 11) is 10.7. The lowest BCUT2D eigenvalue weighted by atomic mass is 9.61. The van der Waals surface area contributed by atoms with Crippen LogP contribution in [0.2, 0.25) is 0 Å². The SMILES string of the molecule is COC1CCC2(CC1)Cc1ccc(Br)cc1C21N=C(C)N(C)C1=O.COC1CCC2(CC1)Cc1ccc(CC(=O)c3ccccn3)cc1C21N=C(C)N(C)C1=O.COC1CCC2(CC1)Cc1ccc(CC(=O)c3ccccn3)cc1C21N=C(N)N(C)C1=O.NC(=O)c1ccccn1. The van der Waals surface area contributed by atoms with Gasteiger partial charge < -0.3 is 35.5 Å². The normalized spacial score (nSPS) is 28.6. The fourth-order valence-corrected chi connectivity index (χ4v) is 17.8. The summed E-state index contributed by atoms with van der Waals surface area (Å²) in [5, 5.41) is 0. The Morgan fingerprint density at radius 3 is 1.12 bits per heavy atom. The molecule has 6 aliphatic carbocycles. The van der Waals surface area contributed by atoms with Crippen LogP contribution in [-0.2, 0) is 77.3 Å². The number of rotatable bonds is 10. The third-order valence-electron chi connectivity index (χ3n) is 22.8. The number of ketones is 2. The van der Waals surface area contributed by atoms with Crippen molar-refractivity contribution < 1.29 is 43.0 Å². The van der Waals surface area contributed by atoms with Gasteiger partial charge in [0.2, 0.25) is 0 Å². The summed E-state index contributed by atoms with van der Waals surface area (Å²) in [6, 6.07) is 34.3. The Balaban J connectivity index is 0.000000131. The minimum atomic E-state index is -1.02. The number of halogens is 1. The molecule has 3 atom stereocenters. The van der Waals surface area contributed by atoms with E-state index in [9.17, 15) is 28.8 Å². The average molecular weight is 1380 g/mol. The number of guanidine groups is 1. The molecule has 9 aliphatic rings. The van der Waals surface area contributed by atoms with Crippen LogP contribution in [0.15, 0.2) is 147 Å². The Morgan fingerprint density at radius 2 is 0.825 bits per heavy atom. The maximum absolute atomic E-state index is 13.8. The summed E-state index contributed by atoms with van der Waals surface area (Å²) < 4.78 is 17.8. The van der Waals surface area contributed by atoms with Crippen LogP contribution in [0.4, 0.5) is 0 Å². The average Bonchev–Trinajstić information content (AvgIpc) is 1.54. The van der Waals surface area contributed by atoms with Crippen molar-refractivity contribution in [3.8, 4) is 0 Å². The number of likely N-dealkylation sites (N-methyl/N-ethyl adjacent to an activating group) is 3. The van der Waals surface area contributed by atoms with Gasteiger partial charge in [0, 0.05) is 94.6 Å². The minimum absolute atomic E-state index is 0.0255. The molecule has 4 amide bonds. The number of aliphatic imine (C=N–C) groups is 3. The predicted molar refractivity (Wildman–Crippen MR) is 372 cm³/mol. The van der Waals surface area contributed by atoms with E-state index in [0.29, 0.717) is 23.2 Å². The topological polar surface area (TPSA) is 268 Å². The van der Waals surface area contributed by atoms with Crippen molar-refractivity contribution in [2.24, 2.45) is 42.7 Å². The lowest BCUT2D eigenvalue weighted by molar-refractivity contribution is -0.138. The second kappa shape index (κ2) is 27.1. The number of nitrogens with zero attached hydrogens (tertiary/aromatic N) is 9. The summed E-state index contributed by atoms with van der Waals surface area (Å²) in [4.78, 5) is 109. The van der Waals surface area contributed by atoms with Gasteiger partial charge in [0.25, 0.3) is 23.6 Å². The van der Waals surface area contributed by atoms with Crippen LogP contribution in [-0.4, -0.2) is 143 Å². The largest absolute Gasteiger partial charge is 0.381 e. The molecule has 506 valence electrons. The molecule has 21 heteroatoms. The molecule has 6 spiro atoms. The summed E-state index contributed by atoms with van der Waals surface area (Å²) in [6.45, 7) is 3.85. The van der Waals surface area contributed by atoms with Crippen LogP contribution < -0.4 is 11.5 Å². The van der Waals surface area contributed by atoms with E-state index >= 15 is 0 Å². The molecule has 3 aromatic carbocycles. The smallest absolute Gasteiger partial charge is 0.267 e. The third kappa shape index (κ3) is 11.7. The molecule has 0 bridgehead atoms. The number of nitrogens with two attached hydrogens (primary N) is 2. The highest BCUT2D eigenvalue weighted by Gasteiger charge is 2.69. The number of carbonyl (C=O) groups is 6. The summed E-state index contributed by atoms with van der Waals surface area (Å²) in [5.41, 5.74) is 17.3. The molecule has 3 fully saturated rings. The second-order valence-electron chi connectivity index (χ2n) is 27.7. The molecule has 6 heterocycles. The Hall–Kier alpha value is -8.50. The van der Waals surface area contributed by atoms with Gasteiger partial charge in [-0.05, 0) is 203 Å². The Morgan fingerprint density at radius 1 is 0.485 bits per heavy atom. The summed E-state index contributed by atoms with van der Waals surface area (Å²) in [6.07, 6.45) is 19.7. The van der Waals surface area contributed by atoms with Gasteiger partial charge in [0.1, 0.15) is 28.8 Å². The van der Waals surface area contributed by atoms with Crippen LogP contribution in [0.25, 0.3) is 0 Å². The number of methoxy groups -OCH3 is 3. The fraction of sp³-hybridized carbons (Fsp3) is 0.447. The minimum Gasteiger partial charge on any atom is -0.381 e. The number of aromatic nitrogens is 3. The molecule has 0 radical (unpaired) electrons. The molecule has 20 nitrogen and oxygen atoms in total. The van der Waals surface area contributed by atoms with Gasteiger partial charge in [-0.1, -0.05) is 76.6 Å². The first-order chi connectivity index (χ1) is 46.5. The van der Waals surface area contributed by atoms with E-state index < -0.39 is 22.5 Å². The Labute approximate surface area is 575 Å². The molecule has 3 aliphatic heterocycles. The van der Waals surface area contributed by atoms with E-state index in [1.54, 1.807) is 93.0 Å². The maximum atomic E-state index is 13.8. The van der Waals surface area contributed by atoms with E-state index in [2.05, 4.69) is 67.3 Å². The lowest BCUT2D eigenvalue weighted by Gasteiger charge is -2.45. The number of Topliss-reactive ketones (excluding diaryl/α,β-unsaturated/α-hetero) is 2. The van der Waals surface area contributed by atoms with Gasteiger partial charge in [-0.15, -0.1) is 0 Å². The summed E-state index contributed by atoms with van der Waals surface area (Å²) in [5.74, 6) is 1.38. The summed E-state index contributed by atoms with van der Waals surface area (Å²) >= 11 is 3.59. The molecule has 0 saturated heterocycles. The van der Waals surface area contributed by atoms with Crippen molar-refractivity contribution in [3.05, 3.63) is 194 Å². The lowest BCUT2D eigenvalue weighted by Crippen LogP contribution is -2.51. The number of fused-ring (bicyclic) bond motifs is 9. The van der Waals surface area contributed by atoms with Crippen molar-refractivity contribution in [1.82, 2.24) is 29.7 Å². The zero-order chi connectivity index (χ0) is 68.8. The zero-order valence-corrected chi connectivity index (χ0v) is 58.2. The van der Waals surface area contributed by atoms with Crippen molar-refractivity contribution in [2.75, 3.05) is 42.5 Å². The molecular weight excluding hydrogens is 1290 g/mol. The number of amidine groups is 2. The first-order valence-electron chi connectivity index (χ1n) is 33.6. The highest BCUT2D eigenvalue weighted by molar-refractivity contribution is 9.10. The van der Waals surface area contributed by atoms with Gasteiger partial charge in [0.15, 0.2) is 34.1 Å². The molecular formula is C76H86BrN11O9. The van der Waals surface area contributed by atoms with Crippen LogP contribution in [0.5, 0.6) is 0 Å². The van der Waals surface area contributed by atoms with Crippen molar-refractivity contribution in [1.29, 1.82) is 0 Å². The molecule has 3 saturated carbocycles. The van der Waals surface area contributed by atoms with E-state index in [4.69, 9.17) is 40.7 Å². The van der Waals surface area contributed by atoms with Gasteiger partial charge in [0.05, 0.1) is 18.3 Å². The van der Waals surface area contributed by atoms with E-state index in [-0.39, 0.29) is 76.5 Å². The fourth-order valence-electron chi connectivity index (χ4n) is 17.4. The highest BCUT2D eigenvalue weighted by Crippen LogP contribution is 2.65. The number of benzene rings is 3. The number of amides is 4. The molecule has 4 N–H and O–H groups in total. The van der Waals surface area contributed by atoms with Crippen molar-refractivity contribution >= 4 is 68.8 Å². The zero-order valence-electron chi connectivity index (χ0n) is 56.6. The van der Waals surface area contributed by atoms with Crippen molar-refractivity contribution in [3.63, 3.8) is 0 Å². The number of hydrogen-bond acceptors (Lipinski definition) is 16. The van der Waals surface area contributed by atoms with E-state index in [1.165, 1.54) is 22.2 Å². The van der Waals surface area contributed by atoms with Crippen LogP contribution in [0.1, 0.15) is 167 Å². The van der Waals surface area contributed by atoms with Crippen LogP contribution in [0.3, 0.4) is 0 Å². The number of hydrogen-bond donors (Lipinski definition) is 2. The van der Waals surface area contributed by atoms with Crippen LogP contribution in [0, 0.1) is 16.2 Å². The quantitative estimate of drug-likeness (QED) is 0.121. The first kappa shape index (κ1) is 68.4.